The fourth-order valence-corrected chi connectivity index (χ4v) is 5.95. The average Bonchev–Trinajstić information content (AvgIpc) is 3.66. The molecule has 10 heteroatoms. The highest BCUT2D eigenvalue weighted by Gasteiger charge is 2.32. The van der Waals surface area contributed by atoms with E-state index in [9.17, 15) is 20.0 Å². The number of carbonyl (C=O) groups is 2. The molecule has 48 heavy (non-hydrogen) atoms. The summed E-state index contributed by atoms with van der Waals surface area (Å²) >= 11 is 3.40. The first-order valence-corrected chi connectivity index (χ1v) is 17.0. The molecule has 1 amide bonds. The lowest BCUT2D eigenvalue weighted by Crippen LogP contribution is -2.47. The topological polar surface area (TPSA) is 136 Å². The first-order chi connectivity index (χ1) is 23.3. The normalized spacial score (nSPS) is 11.2. The van der Waals surface area contributed by atoms with E-state index in [1.807, 2.05) is 118 Å². The minimum atomic E-state index is -0.976. The molecule has 9 nitrogen and oxygen atoms in total. The van der Waals surface area contributed by atoms with Crippen LogP contribution in [0.15, 0.2) is 97.1 Å². The van der Waals surface area contributed by atoms with Gasteiger partial charge in [0.15, 0.2) is 0 Å². The van der Waals surface area contributed by atoms with Gasteiger partial charge in [-0.1, -0.05) is 140 Å². The Morgan fingerprint density at radius 1 is 0.896 bits per heavy atom. The van der Waals surface area contributed by atoms with Crippen molar-refractivity contribution in [2.45, 2.75) is 58.0 Å². The number of benzene rings is 4. The van der Waals surface area contributed by atoms with Gasteiger partial charge in [-0.3, -0.25) is 4.79 Å². The monoisotopic (exact) mass is 706 g/mol. The van der Waals surface area contributed by atoms with Crippen LogP contribution >= 0.6 is 15.9 Å². The molecule has 0 aliphatic carbocycles. The quantitative estimate of drug-likeness (QED) is 0.125. The Bertz CT molecular complexity index is 1820. The van der Waals surface area contributed by atoms with Crippen LogP contribution in [0.1, 0.15) is 56.7 Å². The zero-order valence-corrected chi connectivity index (χ0v) is 28.9. The Morgan fingerprint density at radius 3 is 2.12 bits per heavy atom. The molecule has 246 valence electrons. The number of alkyl halides is 1. The van der Waals surface area contributed by atoms with Gasteiger partial charge in [-0.05, 0) is 50.9 Å². The summed E-state index contributed by atoms with van der Waals surface area (Å²) in [5, 5.41) is 34.0. The standard InChI is InChI=1S/C24H29N5O3.C14H10BrN/c1-4-5-10-21(30)29(22(16(2)3)24(31)32)15-17-11-13-18(14-12-17)19-8-6-7-9-20(19)23-25-27-28-26-23;15-9-12-7-4-8-13(14(12)10-16)11-5-2-1-3-6-11/h6-9,11-14,16,22H,4-5,10,15H2,1-3H3,(H,31,32)(H,25,26,27,28);1-8H,9H2. The number of hydrogen-bond acceptors (Lipinski definition) is 6. The third kappa shape index (κ3) is 9.02. The maximum absolute atomic E-state index is 12.9. The first kappa shape index (κ1) is 35.7. The van der Waals surface area contributed by atoms with Gasteiger partial charge in [-0.25, -0.2) is 4.79 Å². The molecule has 0 aliphatic heterocycles. The molecule has 2 N–H and O–H groups in total. The fourth-order valence-electron chi connectivity index (χ4n) is 5.49. The van der Waals surface area contributed by atoms with Crippen LogP contribution in [0.4, 0.5) is 0 Å². The predicted molar refractivity (Wildman–Crippen MR) is 191 cm³/mol. The number of carboxylic acids is 1. The van der Waals surface area contributed by atoms with Crippen molar-refractivity contribution in [3.8, 4) is 39.7 Å². The van der Waals surface area contributed by atoms with Crippen LogP contribution in [0, 0.1) is 17.2 Å². The van der Waals surface area contributed by atoms with Crippen molar-refractivity contribution in [2.75, 3.05) is 0 Å². The molecule has 1 atom stereocenters. The smallest absolute Gasteiger partial charge is 0.326 e. The molecule has 1 aromatic heterocycles. The number of nitrogens with one attached hydrogen (secondary N) is 1. The predicted octanol–water partition coefficient (Wildman–Crippen LogP) is 8.28. The van der Waals surface area contributed by atoms with E-state index in [2.05, 4.69) is 42.6 Å². The molecule has 0 radical (unpaired) electrons. The van der Waals surface area contributed by atoms with Crippen LogP contribution in [0.3, 0.4) is 0 Å². The van der Waals surface area contributed by atoms with E-state index in [1.54, 1.807) is 0 Å². The van der Waals surface area contributed by atoms with Crippen LogP contribution in [-0.2, 0) is 21.5 Å². The van der Waals surface area contributed by atoms with E-state index in [0.717, 1.165) is 57.3 Å². The highest BCUT2D eigenvalue weighted by Crippen LogP contribution is 2.30. The number of rotatable bonds is 12. The summed E-state index contributed by atoms with van der Waals surface area (Å²) in [6.45, 7) is 5.93. The van der Waals surface area contributed by atoms with Gasteiger partial charge in [0.25, 0.3) is 0 Å². The van der Waals surface area contributed by atoms with Crippen molar-refractivity contribution in [3.05, 3.63) is 114 Å². The number of H-pyrrole nitrogens is 1. The van der Waals surface area contributed by atoms with Crippen LogP contribution in [0.5, 0.6) is 0 Å². The maximum atomic E-state index is 12.9. The lowest BCUT2D eigenvalue weighted by molar-refractivity contribution is -0.153. The number of carboxylic acid groups (broad SMARTS) is 1. The Hall–Kier alpha value is -5.14. The second-order valence-corrected chi connectivity index (χ2v) is 12.1. The maximum Gasteiger partial charge on any atom is 0.326 e. The van der Waals surface area contributed by atoms with E-state index < -0.39 is 12.0 Å². The van der Waals surface area contributed by atoms with Gasteiger partial charge in [0.2, 0.25) is 11.7 Å². The number of aromatic nitrogens is 4. The van der Waals surface area contributed by atoms with E-state index in [4.69, 9.17) is 0 Å². The van der Waals surface area contributed by atoms with Gasteiger partial charge in [-0.2, -0.15) is 10.5 Å². The molecule has 0 spiro atoms. The Kier molecular flexibility index (Phi) is 13.2. The summed E-state index contributed by atoms with van der Waals surface area (Å²) in [5.74, 6) is -0.784. The van der Waals surface area contributed by atoms with E-state index in [-0.39, 0.29) is 18.4 Å². The highest BCUT2D eigenvalue weighted by molar-refractivity contribution is 9.08. The van der Waals surface area contributed by atoms with Crippen LogP contribution < -0.4 is 0 Å². The number of hydrogen-bond donors (Lipinski definition) is 2. The number of amides is 1. The molecular formula is C38H39BrN6O3. The number of nitriles is 1. The number of tetrazole rings is 1. The summed E-state index contributed by atoms with van der Waals surface area (Å²) in [7, 11) is 0. The van der Waals surface area contributed by atoms with Gasteiger partial charge in [0, 0.05) is 23.9 Å². The summed E-state index contributed by atoms with van der Waals surface area (Å²) in [6.07, 6.45) is 1.97. The first-order valence-electron chi connectivity index (χ1n) is 15.9. The molecular weight excluding hydrogens is 668 g/mol. The van der Waals surface area contributed by atoms with Gasteiger partial charge in [0.1, 0.15) is 12.1 Å². The van der Waals surface area contributed by atoms with E-state index >= 15 is 0 Å². The average molecular weight is 708 g/mol. The Labute approximate surface area is 289 Å². The van der Waals surface area contributed by atoms with Gasteiger partial charge in [0.05, 0.1) is 5.56 Å². The number of aliphatic carboxylic acids is 1. The SMILES string of the molecule is CCCCC(=O)N(Cc1ccc(-c2ccccc2-c2nn[nH]n2)cc1)C(C(=O)O)C(C)C.N#Cc1c(CBr)cccc1-c1ccccc1. The molecule has 5 rings (SSSR count). The van der Waals surface area contributed by atoms with Crippen molar-refractivity contribution < 1.29 is 14.7 Å². The summed E-state index contributed by atoms with van der Waals surface area (Å²) < 4.78 is 0. The van der Waals surface area contributed by atoms with Gasteiger partial charge in [-0.15, -0.1) is 10.2 Å². The van der Waals surface area contributed by atoms with Crippen molar-refractivity contribution >= 4 is 27.8 Å². The number of aromatic amines is 1. The number of nitrogens with zero attached hydrogens (tertiary/aromatic N) is 5. The van der Waals surface area contributed by atoms with Crippen molar-refractivity contribution in [2.24, 2.45) is 5.92 Å². The molecule has 4 aromatic carbocycles. The number of carbonyl (C=O) groups excluding carboxylic acids is 1. The minimum Gasteiger partial charge on any atom is -0.480 e. The summed E-state index contributed by atoms with van der Waals surface area (Å²) in [5.41, 5.74) is 7.54. The molecule has 0 saturated carbocycles. The third-order valence-corrected chi connectivity index (χ3v) is 8.51. The van der Waals surface area contributed by atoms with Crippen LogP contribution in [-0.4, -0.2) is 48.5 Å². The second-order valence-electron chi connectivity index (χ2n) is 11.6. The largest absolute Gasteiger partial charge is 0.480 e. The minimum absolute atomic E-state index is 0.125. The second kappa shape index (κ2) is 17.7. The van der Waals surface area contributed by atoms with Crippen molar-refractivity contribution in [3.63, 3.8) is 0 Å². The molecule has 1 heterocycles. The number of halogens is 1. The van der Waals surface area contributed by atoms with Gasteiger partial charge < -0.3 is 10.0 Å². The van der Waals surface area contributed by atoms with Crippen molar-refractivity contribution in [1.82, 2.24) is 25.5 Å². The molecule has 0 bridgehead atoms. The summed E-state index contributed by atoms with van der Waals surface area (Å²) in [4.78, 5) is 26.3. The Balaban J connectivity index is 0.000000271. The lowest BCUT2D eigenvalue weighted by atomic mass is 9.97. The molecule has 0 fully saturated rings. The molecule has 0 aliphatic rings. The number of unbranched alkanes of at least 4 members (excludes halogenated alkanes) is 1. The summed E-state index contributed by atoms with van der Waals surface area (Å²) in [6, 6.07) is 32.9. The lowest BCUT2D eigenvalue weighted by Gasteiger charge is -2.32. The Morgan fingerprint density at radius 2 is 1.54 bits per heavy atom. The molecule has 1 unspecified atom stereocenters. The zero-order valence-electron chi connectivity index (χ0n) is 27.3. The molecule has 5 aromatic rings. The zero-order chi connectivity index (χ0) is 34.5. The van der Waals surface area contributed by atoms with E-state index in [1.165, 1.54) is 4.90 Å². The van der Waals surface area contributed by atoms with Crippen LogP contribution in [0.2, 0.25) is 0 Å². The molecule has 0 saturated heterocycles. The highest BCUT2D eigenvalue weighted by atomic mass is 79.9. The van der Waals surface area contributed by atoms with E-state index in [0.29, 0.717) is 17.6 Å². The van der Waals surface area contributed by atoms with Gasteiger partial charge >= 0.3 is 5.97 Å². The van der Waals surface area contributed by atoms with Crippen LogP contribution in [0.25, 0.3) is 33.6 Å². The third-order valence-electron chi connectivity index (χ3n) is 7.91. The fraction of sp³-hybridized carbons (Fsp3) is 0.263. The van der Waals surface area contributed by atoms with Crippen molar-refractivity contribution in [1.29, 1.82) is 5.26 Å².